The van der Waals surface area contributed by atoms with E-state index < -0.39 is 0 Å². The molecule has 0 aromatic carbocycles. The minimum Gasteiger partial charge on any atom is -0.297 e. The van der Waals surface area contributed by atoms with E-state index in [1.54, 1.807) is 10.9 Å². The fraction of sp³-hybridized carbons (Fsp3) is 0.250. The van der Waals surface area contributed by atoms with Crippen molar-refractivity contribution in [3.8, 4) is 11.3 Å². The second-order valence-corrected chi connectivity index (χ2v) is 2.76. The molecule has 2 heterocycles. The number of hydrogen-bond donors (Lipinski definition) is 2. The van der Waals surface area contributed by atoms with Crippen molar-refractivity contribution in [3.63, 3.8) is 0 Å². The summed E-state index contributed by atoms with van der Waals surface area (Å²) in [5.41, 5.74) is 1.56. The van der Waals surface area contributed by atoms with Crippen LogP contribution in [0.5, 0.6) is 0 Å². The van der Waals surface area contributed by atoms with Gasteiger partial charge in [-0.2, -0.15) is 5.10 Å². The molecule has 0 aliphatic carbocycles. The van der Waals surface area contributed by atoms with Crippen LogP contribution in [0.1, 0.15) is 6.92 Å². The van der Waals surface area contributed by atoms with Gasteiger partial charge in [0.2, 0.25) is 0 Å². The van der Waals surface area contributed by atoms with Crippen LogP contribution in [0.2, 0.25) is 0 Å². The molecular formula is C8H10N4O. The third-order valence-electron chi connectivity index (χ3n) is 1.86. The quantitative estimate of drug-likeness (QED) is 0.706. The van der Waals surface area contributed by atoms with Gasteiger partial charge in [-0.1, -0.05) is 0 Å². The van der Waals surface area contributed by atoms with Crippen molar-refractivity contribution < 1.29 is 0 Å². The Balaban J connectivity index is 2.40. The summed E-state index contributed by atoms with van der Waals surface area (Å²) in [5, 5.41) is 9.35. The van der Waals surface area contributed by atoms with Gasteiger partial charge < -0.3 is 0 Å². The van der Waals surface area contributed by atoms with Crippen molar-refractivity contribution in [1.82, 2.24) is 20.0 Å². The Morgan fingerprint density at radius 1 is 1.54 bits per heavy atom. The number of hydrogen-bond acceptors (Lipinski definition) is 2. The van der Waals surface area contributed by atoms with Crippen molar-refractivity contribution in [2.24, 2.45) is 0 Å². The molecule has 5 nitrogen and oxygen atoms in total. The minimum absolute atomic E-state index is 0.126. The minimum atomic E-state index is -0.126. The van der Waals surface area contributed by atoms with Crippen LogP contribution in [0.3, 0.4) is 0 Å². The maximum absolute atomic E-state index is 10.8. The molecule has 0 unspecified atom stereocenters. The van der Waals surface area contributed by atoms with Crippen molar-refractivity contribution >= 4 is 0 Å². The maximum atomic E-state index is 10.8. The zero-order valence-corrected chi connectivity index (χ0v) is 7.24. The van der Waals surface area contributed by atoms with Crippen molar-refractivity contribution in [1.29, 1.82) is 0 Å². The summed E-state index contributed by atoms with van der Waals surface area (Å²) in [6.45, 7) is 2.84. The lowest BCUT2D eigenvalue weighted by molar-refractivity contribution is 0.660. The molecule has 0 bridgehead atoms. The summed E-state index contributed by atoms with van der Waals surface area (Å²) < 4.78 is 1.81. The van der Waals surface area contributed by atoms with E-state index in [-0.39, 0.29) is 5.56 Å². The Morgan fingerprint density at radius 2 is 2.38 bits per heavy atom. The van der Waals surface area contributed by atoms with Crippen LogP contribution in [0.4, 0.5) is 0 Å². The molecule has 0 atom stereocenters. The Kier molecular flexibility index (Phi) is 1.77. The smallest absolute Gasteiger partial charge is 0.264 e. The lowest BCUT2D eigenvalue weighted by atomic mass is 10.3. The molecule has 0 saturated carbocycles. The Morgan fingerprint density at radius 3 is 2.92 bits per heavy atom. The van der Waals surface area contributed by atoms with Crippen molar-refractivity contribution in [3.05, 3.63) is 28.8 Å². The average molecular weight is 178 g/mol. The van der Waals surface area contributed by atoms with E-state index in [1.807, 2.05) is 13.1 Å². The normalized spacial score (nSPS) is 10.5. The van der Waals surface area contributed by atoms with Gasteiger partial charge in [-0.15, -0.1) is 0 Å². The molecule has 5 heteroatoms. The van der Waals surface area contributed by atoms with E-state index in [1.165, 1.54) is 6.07 Å². The molecule has 2 N–H and O–H groups in total. The largest absolute Gasteiger partial charge is 0.297 e. The topological polar surface area (TPSA) is 66.5 Å². The molecule has 0 spiro atoms. The lowest BCUT2D eigenvalue weighted by Crippen LogP contribution is -1.93. The van der Waals surface area contributed by atoms with Gasteiger partial charge in [0, 0.05) is 24.4 Å². The summed E-state index contributed by atoms with van der Waals surface area (Å²) >= 11 is 0. The summed E-state index contributed by atoms with van der Waals surface area (Å²) in [4.78, 5) is 10.8. The highest BCUT2D eigenvalue weighted by Gasteiger charge is 2.02. The van der Waals surface area contributed by atoms with Gasteiger partial charge in [0.15, 0.2) is 0 Å². The van der Waals surface area contributed by atoms with Gasteiger partial charge in [-0.05, 0) is 6.92 Å². The first-order valence-electron chi connectivity index (χ1n) is 4.10. The molecule has 0 saturated heterocycles. The second-order valence-electron chi connectivity index (χ2n) is 2.76. The maximum Gasteiger partial charge on any atom is 0.264 e. The van der Waals surface area contributed by atoms with Crippen LogP contribution in [0.25, 0.3) is 11.3 Å². The van der Waals surface area contributed by atoms with Crippen molar-refractivity contribution in [2.75, 3.05) is 0 Å². The first kappa shape index (κ1) is 7.85. The summed E-state index contributed by atoms with van der Waals surface area (Å²) in [7, 11) is 0. The van der Waals surface area contributed by atoms with Crippen LogP contribution in [0.15, 0.2) is 23.3 Å². The molecule has 68 valence electrons. The predicted molar refractivity (Wildman–Crippen MR) is 48.3 cm³/mol. The van der Waals surface area contributed by atoms with E-state index in [0.717, 1.165) is 17.8 Å². The van der Waals surface area contributed by atoms with E-state index in [2.05, 4.69) is 15.3 Å². The first-order valence-corrected chi connectivity index (χ1v) is 4.10. The third-order valence-corrected chi connectivity index (χ3v) is 1.86. The van der Waals surface area contributed by atoms with Gasteiger partial charge in [0.1, 0.15) is 0 Å². The zero-order chi connectivity index (χ0) is 9.26. The second kappa shape index (κ2) is 2.93. The Labute approximate surface area is 74.4 Å². The zero-order valence-electron chi connectivity index (χ0n) is 7.24. The highest BCUT2D eigenvalue weighted by Crippen LogP contribution is 2.12. The summed E-state index contributed by atoms with van der Waals surface area (Å²) in [6.07, 6.45) is 3.61. The third kappa shape index (κ3) is 1.40. The average Bonchev–Trinajstić information content (AvgIpc) is 2.71. The van der Waals surface area contributed by atoms with Crippen LogP contribution in [-0.4, -0.2) is 20.0 Å². The lowest BCUT2D eigenvalue weighted by Gasteiger charge is -1.90. The van der Waals surface area contributed by atoms with E-state index >= 15 is 0 Å². The number of aromatic nitrogens is 4. The molecule has 0 aliphatic rings. The van der Waals surface area contributed by atoms with E-state index in [4.69, 9.17) is 0 Å². The Bertz CT molecular complexity index is 450. The number of nitrogens with one attached hydrogen (secondary N) is 2. The number of rotatable bonds is 2. The van der Waals surface area contributed by atoms with Gasteiger partial charge in [-0.3, -0.25) is 19.7 Å². The molecule has 0 amide bonds. The van der Waals surface area contributed by atoms with Crippen LogP contribution < -0.4 is 5.56 Å². The molecule has 0 aliphatic heterocycles. The number of aryl methyl sites for hydroxylation is 1. The fourth-order valence-corrected chi connectivity index (χ4v) is 1.16. The predicted octanol–water partition coefficient (Wildman–Crippen LogP) is 0.586. The summed E-state index contributed by atoms with van der Waals surface area (Å²) in [6, 6.07) is 1.51. The molecule has 2 aromatic heterocycles. The number of H-pyrrole nitrogens is 2. The molecule has 0 fully saturated rings. The van der Waals surface area contributed by atoms with Gasteiger partial charge >= 0.3 is 0 Å². The van der Waals surface area contributed by atoms with Gasteiger partial charge in [0.25, 0.3) is 5.56 Å². The van der Waals surface area contributed by atoms with Crippen LogP contribution in [-0.2, 0) is 6.54 Å². The number of aromatic amines is 2. The fourth-order valence-electron chi connectivity index (χ4n) is 1.16. The molecule has 13 heavy (non-hydrogen) atoms. The van der Waals surface area contributed by atoms with Crippen LogP contribution in [0, 0.1) is 0 Å². The molecule has 0 radical (unpaired) electrons. The molecule has 2 rings (SSSR count). The van der Waals surface area contributed by atoms with Crippen LogP contribution >= 0.6 is 0 Å². The van der Waals surface area contributed by atoms with E-state index in [0.29, 0.717) is 0 Å². The first-order chi connectivity index (χ1) is 6.29. The highest BCUT2D eigenvalue weighted by atomic mass is 16.1. The Hall–Kier alpha value is -1.78. The van der Waals surface area contributed by atoms with Gasteiger partial charge in [-0.25, -0.2) is 0 Å². The summed E-state index contributed by atoms with van der Waals surface area (Å²) in [5.74, 6) is 0. The molecule has 2 aromatic rings. The number of nitrogens with zero attached hydrogens (tertiary/aromatic N) is 2. The monoisotopic (exact) mass is 178 g/mol. The van der Waals surface area contributed by atoms with Crippen molar-refractivity contribution in [2.45, 2.75) is 13.5 Å². The van der Waals surface area contributed by atoms with Gasteiger partial charge in [0.05, 0.1) is 11.9 Å². The standard InChI is InChI=1S/C8H10N4O/c1-2-12-5-6(4-9-12)7-3-8(13)11-10-7/h3-5H,2H2,1H3,(H2,10,11,13). The molecular weight excluding hydrogens is 168 g/mol. The van der Waals surface area contributed by atoms with E-state index in [9.17, 15) is 4.79 Å². The SMILES string of the molecule is CCn1cc(-c2cc(=O)[nH][nH]2)cn1. The highest BCUT2D eigenvalue weighted by molar-refractivity contribution is 5.55.